The first-order chi connectivity index (χ1) is 8.40. The lowest BCUT2D eigenvalue weighted by molar-refractivity contribution is -0.121. The van der Waals surface area contributed by atoms with E-state index < -0.39 is 18.5 Å². The number of ether oxygens (including phenoxy) is 1. The fourth-order valence-corrected chi connectivity index (χ4v) is 1.47. The van der Waals surface area contributed by atoms with Crippen molar-refractivity contribution >= 4 is 40.7 Å². The Labute approximate surface area is 113 Å². The van der Waals surface area contributed by atoms with Crippen LogP contribution in [-0.2, 0) is 4.79 Å². The smallest absolute Gasteiger partial charge is 0.318 e. The van der Waals surface area contributed by atoms with Crippen LogP contribution >= 0.6 is 23.8 Å². The van der Waals surface area contributed by atoms with Crippen LogP contribution in [0.3, 0.4) is 0 Å². The van der Waals surface area contributed by atoms with E-state index >= 15 is 0 Å². The van der Waals surface area contributed by atoms with Crippen LogP contribution in [0.15, 0.2) is 18.2 Å². The lowest BCUT2D eigenvalue weighted by Crippen LogP contribution is -2.38. The molecule has 0 bridgehead atoms. The van der Waals surface area contributed by atoms with Crippen molar-refractivity contribution in [3.63, 3.8) is 0 Å². The van der Waals surface area contributed by atoms with Crippen molar-refractivity contribution in [2.45, 2.75) is 0 Å². The number of halogens is 1. The zero-order chi connectivity index (χ0) is 13.7. The fourth-order valence-electron chi connectivity index (χ4n) is 1.14. The first kappa shape index (κ1) is 14.2. The molecule has 0 radical (unpaired) electrons. The number of carbonyl (C=O) groups excluding carboxylic acids is 2. The summed E-state index contributed by atoms with van der Waals surface area (Å²) in [5, 5.41) is 2.26. The maximum Gasteiger partial charge on any atom is 0.318 e. The summed E-state index contributed by atoms with van der Waals surface area (Å²) < 4.78 is 5.17. The molecule has 18 heavy (non-hydrogen) atoms. The van der Waals surface area contributed by atoms with Gasteiger partial charge in [0, 0.05) is 5.02 Å². The van der Waals surface area contributed by atoms with Gasteiger partial charge >= 0.3 is 6.03 Å². The van der Waals surface area contributed by atoms with Crippen LogP contribution < -0.4 is 21.5 Å². The standard InChI is InChI=1S/C10H10ClN3O3S/c11-5-1-2-6(9(12)18)7(3-5)17-4-8(15)14-10(13)16/h1-3H,4H2,(H2,12,18)(H3,13,14,15,16). The van der Waals surface area contributed by atoms with Gasteiger partial charge in [-0.05, 0) is 18.2 Å². The van der Waals surface area contributed by atoms with E-state index in [1.807, 2.05) is 5.32 Å². The molecule has 0 aliphatic carbocycles. The normalized spacial score (nSPS) is 9.61. The largest absolute Gasteiger partial charge is 0.483 e. The van der Waals surface area contributed by atoms with E-state index in [1.54, 1.807) is 12.1 Å². The van der Waals surface area contributed by atoms with Crippen molar-refractivity contribution in [2.24, 2.45) is 11.5 Å². The molecule has 1 aromatic rings. The van der Waals surface area contributed by atoms with Gasteiger partial charge < -0.3 is 16.2 Å². The highest BCUT2D eigenvalue weighted by atomic mass is 35.5. The van der Waals surface area contributed by atoms with Crippen molar-refractivity contribution < 1.29 is 14.3 Å². The minimum Gasteiger partial charge on any atom is -0.483 e. The molecule has 1 rings (SSSR count). The monoisotopic (exact) mass is 287 g/mol. The third-order valence-corrected chi connectivity index (χ3v) is 2.29. The summed E-state index contributed by atoms with van der Waals surface area (Å²) in [4.78, 5) is 21.7. The second kappa shape index (κ2) is 6.18. The van der Waals surface area contributed by atoms with E-state index in [0.717, 1.165) is 0 Å². The Morgan fingerprint density at radius 1 is 1.39 bits per heavy atom. The predicted molar refractivity (Wildman–Crippen MR) is 70.6 cm³/mol. The molecule has 0 fully saturated rings. The zero-order valence-corrected chi connectivity index (χ0v) is 10.7. The maximum atomic E-state index is 11.2. The summed E-state index contributed by atoms with van der Waals surface area (Å²) in [5.74, 6) is -0.425. The molecule has 3 amide bonds. The molecule has 0 unspecified atom stereocenters. The number of amides is 3. The summed E-state index contributed by atoms with van der Waals surface area (Å²) >= 11 is 10.6. The van der Waals surface area contributed by atoms with Gasteiger partial charge in [0.1, 0.15) is 10.7 Å². The number of hydrogen-bond donors (Lipinski definition) is 3. The molecule has 0 spiro atoms. The first-order valence-electron chi connectivity index (χ1n) is 4.71. The number of nitrogens with one attached hydrogen (secondary N) is 1. The Morgan fingerprint density at radius 2 is 2.06 bits per heavy atom. The van der Waals surface area contributed by atoms with Crippen molar-refractivity contribution in [2.75, 3.05) is 6.61 Å². The van der Waals surface area contributed by atoms with Crippen LogP contribution in [0, 0.1) is 0 Å². The SMILES string of the molecule is NC(=O)NC(=O)COc1cc(Cl)ccc1C(N)=S. The summed E-state index contributed by atoms with van der Waals surface area (Å²) in [5.41, 5.74) is 10.7. The molecule has 0 saturated heterocycles. The number of benzene rings is 1. The number of imide groups is 1. The summed E-state index contributed by atoms with van der Waals surface area (Å²) in [6, 6.07) is 3.68. The van der Waals surface area contributed by atoms with Gasteiger partial charge in [0.2, 0.25) is 0 Å². The van der Waals surface area contributed by atoms with E-state index in [9.17, 15) is 9.59 Å². The van der Waals surface area contributed by atoms with Crippen LogP contribution in [0.25, 0.3) is 0 Å². The molecule has 1 aromatic carbocycles. The number of primary amides is 1. The lowest BCUT2D eigenvalue weighted by Gasteiger charge is -2.10. The Balaban J connectivity index is 2.77. The zero-order valence-electron chi connectivity index (χ0n) is 9.10. The van der Waals surface area contributed by atoms with Gasteiger partial charge in [-0.25, -0.2) is 4.79 Å². The van der Waals surface area contributed by atoms with Gasteiger partial charge in [-0.3, -0.25) is 10.1 Å². The molecule has 96 valence electrons. The Kier molecular flexibility index (Phi) is 4.87. The van der Waals surface area contributed by atoms with Crippen LogP contribution in [0.5, 0.6) is 5.75 Å². The lowest BCUT2D eigenvalue weighted by atomic mass is 10.2. The van der Waals surface area contributed by atoms with Gasteiger partial charge in [0.15, 0.2) is 6.61 Å². The fraction of sp³-hybridized carbons (Fsp3) is 0.100. The van der Waals surface area contributed by atoms with Gasteiger partial charge in [-0.2, -0.15) is 0 Å². The Hall–Kier alpha value is -1.86. The highest BCUT2D eigenvalue weighted by molar-refractivity contribution is 7.80. The van der Waals surface area contributed by atoms with Crippen LogP contribution in [0.2, 0.25) is 5.02 Å². The van der Waals surface area contributed by atoms with Crippen molar-refractivity contribution in [1.29, 1.82) is 0 Å². The molecular weight excluding hydrogens is 278 g/mol. The molecule has 0 aromatic heterocycles. The third-order valence-electron chi connectivity index (χ3n) is 1.83. The number of thiocarbonyl (C=S) groups is 1. The second-order valence-electron chi connectivity index (χ2n) is 3.21. The summed E-state index contributed by atoms with van der Waals surface area (Å²) in [6.45, 7) is -0.404. The average Bonchev–Trinajstić information content (AvgIpc) is 2.25. The van der Waals surface area contributed by atoms with E-state index in [0.29, 0.717) is 10.6 Å². The van der Waals surface area contributed by atoms with Gasteiger partial charge in [0.25, 0.3) is 5.91 Å². The maximum absolute atomic E-state index is 11.2. The van der Waals surface area contributed by atoms with Crippen LogP contribution in [0.4, 0.5) is 4.79 Å². The van der Waals surface area contributed by atoms with Crippen molar-refractivity contribution in [3.8, 4) is 5.75 Å². The summed E-state index contributed by atoms with van der Waals surface area (Å²) in [7, 11) is 0. The quantitative estimate of drug-likeness (QED) is 0.701. The highest BCUT2D eigenvalue weighted by Crippen LogP contribution is 2.23. The number of rotatable bonds is 4. The van der Waals surface area contributed by atoms with Gasteiger partial charge in [-0.15, -0.1) is 0 Å². The number of urea groups is 1. The predicted octanol–water partition coefficient (Wildman–Crippen LogP) is 0.548. The van der Waals surface area contributed by atoms with E-state index in [-0.39, 0.29) is 10.7 Å². The third kappa shape index (κ3) is 4.19. The summed E-state index contributed by atoms with van der Waals surface area (Å²) in [6.07, 6.45) is 0. The highest BCUT2D eigenvalue weighted by Gasteiger charge is 2.10. The molecule has 0 atom stereocenters. The number of carbonyl (C=O) groups is 2. The molecule has 8 heteroatoms. The average molecular weight is 288 g/mol. The molecule has 5 N–H and O–H groups in total. The molecule has 0 aliphatic heterocycles. The molecular formula is C10H10ClN3O3S. The number of nitrogens with two attached hydrogens (primary N) is 2. The van der Waals surface area contributed by atoms with Crippen LogP contribution in [-0.4, -0.2) is 23.5 Å². The van der Waals surface area contributed by atoms with E-state index in [2.05, 4.69) is 0 Å². The van der Waals surface area contributed by atoms with Crippen molar-refractivity contribution in [1.82, 2.24) is 5.32 Å². The van der Waals surface area contributed by atoms with Crippen molar-refractivity contribution in [3.05, 3.63) is 28.8 Å². The molecule has 0 heterocycles. The van der Waals surface area contributed by atoms with Crippen LogP contribution in [0.1, 0.15) is 5.56 Å². The molecule has 0 saturated carbocycles. The van der Waals surface area contributed by atoms with E-state index in [1.165, 1.54) is 6.07 Å². The molecule has 6 nitrogen and oxygen atoms in total. The van der Waals surface area contributed by atoms with E-state index in [4.69, 9.17) is 40.0 Å². The molecule has 0 aliphatic rings. The van der Waals surface area contributed by atoms with Gasteiger partial charge in [0.05, 0.1) is 5.56 Å². The minimum absolute atomic E-state index is 0.108. The second-order valence-corrected chi connectivity index (χ2v) is 4.08. The first-order valence-corrected chi connectivity index (χ1v) is 5.50. The minimum atomic E-state index is -0.954. The Bertz CT molecular complexity index is 507. The van der Waals surface area contributed by atoms with Gasteiger partial charge in [-0.1, -0.05) is 23.8 Å². The topological polar surface area (TPSA) is 107 Å². The number of hydrogen-bond acceptors (Lipinski definition) is 4. The Morgan fingerprint density at radius 3 is 2.61 bits per heavy atom.